The number of aliphatic imine (C=N–C) groups is 1. The SMILES string of the molecule is CC(C)C1CSC(=NCCCCn2ccnc2)N1. The number of unbranched alkanes of at least 4 members (excludes halogenated alkanes) is 1. The van der Waals surface area contributed by atoms with Crippen molar-refractivity contribution in [3.8, 4) is 0 Å². The molecule has 1 aliphatic rings. The highest BCUT2D eigenvalue weighted by molar-refractivity contribution is 8.14. The minimum Gasteiger partial charge on any atom is -0.361 e. The van der Waals surface area contributed by atoms with E-state index in [2.05, 4.69) is 33.7 Å². The van der Waals surface area contributed by atoms with Gasteiger partial charge in [-0.05, 0) is 18.8 Å². The molecule has 1 aliphatic heterocycles. The van der Waals surface area contributed by atoms with Gasteiger partial charge < -0.3 is 9.88 Å². The van der Waals surface area contributed by atoms with Crippen LogP contribution in [0.5, 0.6) is 0 Å². The Balaban J connectivity index is 1.60. The molecule has 18 heavy (non-hydrogen) atoms. The number of nitrogens with one attached hydrogen (secondary N) is 1. The van der Waals surface area contributed by atoms with Crippen molar-refractivity contribution in [1.82, 2.24) is 14.9 Å². The zero-order valence-corrected chi connectivity index (χ0v) is 12.0. The molecule has 100 valence electrons. The van der Waals surface area contributed by atoms with E-state index < -0.39 is 0 Å². The number of amidine groups is 1. The fourth-order valence-electron chi connectivity index (χ4n) is 1.87. The smallest absolute Gasteiger partial charge is 0.156 e. The zero-order valence-electron chi connectivity index (χ0n) is 11.2. The third-order valence-electron chi connectivity index (χ3n) is 3.15. The number of hydrogen-bond donors (Lipinski definition) is 1. The average molecular weight is 266 g/mol. The fourth-order valence-corrected chi connectivity index (χ4v) is 3.09. The molecular weight excluding hydrogens is 244 g/mol. The Morgan fingerprint density at radius 3 is 3.11 bits per heavy atom. The summed E-state index contributed by atoms with van der Waals surface area (Å²) >= 11 is 1.86. The fraction of sp³-hybridized carbons (Fsp3) is 0.692. The molecule has 0 aliphatic carbocycles. The Morgan fingerprint density at radius 1 is 1.56 bits per heavy atom. The van der Waals surface area contributed by atoms with Crippen LogP contribution in [0, 0.1) is 5.92 Å². The third-order valence-corrected chi connectivity index (χ3v) is 4.20. The maximum Gasteiger partial charge on any atom is 0.156 e. The number of imidazole rings is 1. The standard InChI is InChI=1S/C13H22N4S/c1-11(2)12-9-18-13(16-12)15-5-3-4-7-17-8-6-14-10-17/h6,8,10-12H,3-5,7,9H2,1-2H3,(H,15,16). The zero-order chi connectivity index (χ0) is 12.8. The number of nitrogens with zero attached hydrogens (tertiary/aromatic N) is 3. The van der Waals surface area contributed by atoms with Gasteiger partial charge in [-0.2, -0.15) is 0 Å². The van der Waals surface area contributed by atoms with Gasteiger partial charge in [-0.1, -0.05) is 25.6 Å². The topological polar surface area (TPSA) is 42.2 Å². The Bertz CT molecular complexity index is 372. The first kappa shape index (κ1) is 13.5. The van der Waals surface area contributed by atoms with E-state index in [4.69, 9.17) is 0 Å². The van der Waals surface area contributed by atoms with Gasteiger partial charge in [0.1, 0.15) is 0 Å². The summed E-state index contributed by atoms with van der Waals surface area (Å²) in [6.07, 6.45) is 7.99. The maximum absolute atomic E-state index is 4.62. The van der Waals surface area contributed by atoms with Crippen LogP contribution in [0.25, 0.3) is 0 Å². The molecule has 1 N–H and O–H groups in total. The van der Waals surface area contributed by atoms with Crippen molar-refractivity contribution in [2.45, 2.75) is 39.3 Å². The molecule has 0 aromatic carbocycles. The van der Waals surface area contributed by atoms with Gasteiger partial charge in [-0.15, -0.1) is 0 Å². The van der Waals surface area contributed by atoms with Gasteiger partial charge in [-0.3, -0.25) is 4.99 Å². The molecule has 2 rings (SSSR count). The third kappa shape index (κ3) is 4.05. The second kappa shape index (κ2) is 6.83. The summed E-state index contributed by atoms with van der Waals surface area (Å²) in [6, 6.07) is 0.597. The van der Waals surface area contributed by atoms with Crippen LogP contribution in [-0.2, 0) is 6.54 Å². The maximum atomic E-state index is 4.62. The highest BCUT2D eigenvalue weighted by Crippen LogP contribution is 2.18. The van der Waals surface area contributed by atoms with Crippen molar-refractivity contribution in [3.63, 3.8) is 0 Å². The van der Waals surface area contributed by atoms with Crippen LogP contribution >= 0.6 is 11.8 Å². The Hall–Kier alpha value is -0.970. The molecule has 0 bridgehead atoms. The largest absolute Gasteiger partial charge is 0.361 e. The predicted octanol–water partition coefficient (Wildman–Crippen LogP) is 2.38. The summed E-state index contributed by atoms with van der Waals surface area (Å²) in [5.41, 5.74) is 0. The molecule has 1 aromatic rings. The van der Waals surface area contributed by atoms with E-state index in [1.54, 1.807) is 0 Å². The van der Waals surface area contributed by atoms with E-state index in [-0.39, 0.29) is 0 Å². The average Bonchev–Trinajstić information content (AvgIpc) is 2.98. The number of hydrogen-bond acceptors (Lipinski definition) is 3. The van der Waals surface area contributed by atoms with Crippen molar-refractivity contribution in [2.75, 3.05) is 12.3 Å². The van der Waals surface area contributed by atoms with Crippen molar-refractivity contribution >= 4 is 16.9 Å². The van der Waals surface area contributed by atoms with Crippen LogP contribution in [0.15, 0.2) is 23.7 Å². The molecule has 0 spiro atoms. The lowest BCUT2D eigenvalue weighted by molar-refractivity contribution is 0.503. The molecule has 0 radical (unpaired) electrons. The second-order valence-electron chi connectivity index (χ2n) is 5.00. The number of aromatic nitrogens is 2. The summed E-state index contributed by atoms with van der Waals surface area (Å²) in [5, 5.41) is 4.63. The van der Waals surface area contributed by atoms with Gasteiger partial charge in [0.25, 0.3) is 0 Å². The summed E-state index contributed by atoms with van der Waals surface area (Å²) in [4.78, 5) is 8.65. The van der Waals surface area contributed by atoms with E-state index in [1.165, 1.54) is 0 Å². The van der Waals surface area contributed by atoms with Gasteiger partial charge >= 0.3 is 0 Å². The van der Waals surface area contributed by atoms with Gasteiger partial charge in [-0.25, -0.2) is 4.98 Å². The van der Waals surface area contributed by atoms with Crippen LogP contribution in [0.3, 0.4) is 0 Å². The molecule has 0 saturated carbocycles. The summed E-state index contributed by atoms with van der Waals surface area (Å²) in [5.74, 6) is 1.84. The summed E-state index contributed by atoms with van der Waals surface area (Å²) < 4.78 is 2.12. The molecule has 2 heterocycles. The highest BCUT2D eigenvalue weighted by Gasteiger charge is 2.22. The first-order valence-corrected chi connectivity index (χ1v) is 7.64. The normalized spacial score (nSPS) is 21.7. The van der Waals surface area contributed by atoms with Crippen LogP contribution in [0.4, 0.5) is 0 Å². The molecule has 1 atom stereocenters. The van der Waals surface area contributed by atoms with Crippen LogP contribution in [0.1, 0.15) is 26.7 Å². The van der Waals surface area contributed by atoms with Crippen LogP contribution in [0.2, 0.25) is 0 Å². The first-order chi connectivity index (χ1) is 8.75. The van der Waals surface area contributed by atoms with Crippen LogP contribution in [-0.4, -0.2) is 33.1 Å². The Kier molecular flexibility index (Phi) is 5.11. The van der Waals surface area contributed by atoms with Gasteiger partial charge in [0.15, 0.2) is 5.17 Å². The molecule has 5 heteroatoms. The van der Waals surface area contributed by atoms with Crippen molar-refractivity contribution in [2.24, 2.45) is 10.9 Å². The van der Waals surface area contributed by atoms with E-state index in [1.807, 2.05) is 30.5 Å². The van der Waals surface area contributed by atoms with Crippen molar-refractivity contribution in [3.05, 3.63) is 18.7 Å². The van der Waals surface area contributed by atoms with E-state index >= 15 is 0 Å². The molecule has 1 unspecified atom stereocenters. The Morgan fingerprint density at radius 2 is 2.44 bits per heavy atom. The van der Waals surface area contributed by atoms with Crippen LogP contribution < -0.4 is 5.32 Å². The minimum atomic E-state index is 0.597. The molecule has 4 nitrogen and oxygen atoms in total. The van der Waals surface area contributed by atoms with E-state index in [0.717, 1.165) is 36.9 Å². The summed E-state index contributed by atoms with van der Waals surface area (Å²) in [7, 11) is 0. The lowest BCUT2D eigenvalue weighted by Gasteiger charge is -2.13. The molecular formula is C13H22N4S. The lowest BCUT2D eigenvalue weighted by Crippen LogP contribution is -2.31. The molecule has 1 aromatic heterocycles. The number of thioether (sulfide) groups is 1. The van der Waals surface area contributed by atoms with Gasteiger partial charge in [0.05, 0.1) is 6.33 Å². The quantitative estimate of drug-likeness (QED) is 0.804. The predicted molar refractivity (Wildman–Crippen MR) is 78.0 cm³/mol. The number of rotatable bonds is 6. The molecule has 0 amide bonds. The highest BCUT2D eigenvalue weighted by atomic mass is 32.2. The van der Waals surface area contributed by atoms with Crippen molar-refractivity contribution < 1.29 is 0 Å². The van der Waals surface area contributed by atoms with Gasteiger partial charge in [0.2, 0.25) is 0 Å². The first-order valence-electron chi connectivity index (χ1n) is 6.65. The van der Waals surface area contributed by atoms with E-state index in [0.29, 0.717) is 12.0 Å². The Labute approximate surface area is 113 Å². The minimum absolute atomic E-state index is 0.597. The summed E-state index contributed by atoms with van der Waals surface area (Å²) in [6.45, 7) is 6.48. The monoisotopic (exact) mass is 266 g/mol. The second-order valence-corrected chi connectivity index (χ2v) is 6.01. The lowest BCUT2D eigenvalue weighted by atomic mass is 10.1. The van der Waals surface area contributed by atoms with Crippen molar-refractivity contribution in [1.29, 1.82) is 0 Å². The molecule has 1 saturated heterocycles. The van der Waals surface area contributed by atoms with E-state index in [9.17, 15) is 0 Å². The number of aryl methyl sites for hydroxylation is 1. The molecule has 1 fully saturated rings. The van der Waals surface area contributed by atoms with Gasteiger partial charge in [0, 0.05) is 37.3 Å².